The molecule has 5 heteroatoms. The van der Waals surface area contributed by atoms with Gasteiger partial charge in [-0.3, -0.25) is 0 Å². The van der Waals surface area contributed by atoms with Gasteiger partial charge in [0.2, 0.25) is 0 Å². The highest BCUT2D eigenvalue weighted by atomic mass is 16.9. The van der Waals surface area contributed by atoms with Crippen LogP contribution < -0.4 is 0 Å². The first-order valence-electron chi connectivity index (χ1n) is 21.4. The van der Waals surface area contributed by atoms with E-state index < -0.39 is 5.97 Å². The van der Waals surface area contributed by atoms with Gasteiger partial charge >= 0.3 is 0 Å². The lowest BCUT2D eigenvalue weighted by molar-refractivity contribution is -0.416. The van der Waals surface area contributed by atoms with Crippen LogP contribution in [-0.2, 0) is 23.7 Å². The van der Waals surface area contributed by atoms with Crippen molar-refractivity contribution < 1.29 is 23.7 Å². The lowest BCUT2D eigenvalue weighted by atomic mass is 9.93. The van der Waals surface area contributed by atoms with E-state index in [-0.39, 0.29) is 36.8 Å². The van der Waals surface area contributed by atoms with Gasteiger partial charge in [0.1, 0.15) is 0 Å². The summed E-state index contributed by atoms with van der Waals surface area (Å²) in [6.45, 7) is 24.0. The van der Waals surface area contributed by atoms with Crippen LogP contribution in [0.5, 0.6) is 0 Å². The highest BCUT2D eigenvalue weighted by molar-refractivity contribution is 4.69. The molecule has 0 aromatic rings. The van der Waals surface area contributed by atoms with Crippen LogP contribution >= 0.6 is 0 Å². The van der Waals surface area contributed by atoms with Crippen LogP contribution in [0.4, 0.5) is 0 Å². The molecule has 0 saturated heterocycles. The Balaban J connectivity index is 4.73. The number of hydrogen-bond donors (Lipinski definition) is 0. The standard InChI is InChI=1S/C43H88O5/c1-12-18-19-20-24-27-30-33-41(42(44-36(7)13-2)45-37(8)14-3)34-31-28-25-22-21-23-26-29-32-35-43(46-38(9)15-4,47-39(10)16-5)48-40(11)17-6/h36-42H,12-35H2,1-11H3. The first kappa shape index (κ1) is 47.8. The van der Waals surface area contributed by atoms with E-state index in [2.05, 4.69) is 76.2 Å². The third-order valence-corrected chi connectivity index (χ3v) is 10.4. The van der Waals surface area contributed by atoms with Crippen molar-refractivity contribution in [2.75, 3.05) is 0 Å². The summed E-state index contributed by atoms with van der Waals surface area (Å²) in [6, 6.07) is 0. The highest BCUT2D eigenvalue weighted by Crippen LogP contribution is 2.31. The summed E-state index contributed by atoms with van der Waals surface area (Å²) in [4.78, 5) is 0. The molecule has 0 heterocycles. The molecule has 0 aromatic heterocycles. The maximum atomic E-state index is 6.54. The fourth-order valence-corrected chi connectivity index (χ4v) is 6.10. The Labute approximate surface area is 302 Å². The minimum absolute atomic E-state index is 0.0597. The second-order valence-electron chi connectivity index (χ2n) is 15.2. The van der Waals surface area contributed by atoms with Gasteiger partial charge in [-0.15, -0.1) is 0 Å². The van der Waals surface area contributed by atoms with Gasteiger partial charge < -0.3 is 23.7 Å². The molecule has 0 amide bonds. The molecule has 0 rings (SSSR count). The van der Waals surface area contributed by atoms with Crippen LogP contribution in [-0.4, -0.2) is 42.8 Å². The summed E-state index contributed by atoms with van der Waals surface area (Å²) < 4.78 is 32.5. The fraction of sp³-hybridized carbons (Fsp3) is 1.00. The molecule has 6 unspecified atom stereocenters. The first-order valence-corrected chi connectivity index (χ1v) is 21.4. The summed E-state index contributed by atoms with van der Waals surface area (Å²) in [5.74, 6) is -0.418. The smallest absolute Gasteiger partial charge is 0.283 e. The summed E-state index contributed by atoms with van der Waals surface area (Å²) in [6.07, 6.45) is 30.0. The van der Waals surface area contributed by atoms with Crippen molar-refractivity contribution in [1.29, 1.82) is 0 Å². The molecule has 0 aliphatic heterocycles. The molecule has 0 saturated carbocycles. The molecule has 5 nitrogen and oxygen atoms in total. The van der Waals surface area contributed by atoms with Crippen LogP contribution in [0.25, 0.3) is 0 Å². The molecule has 0 radical (unpaired) electrons. The Hall–Kier alpha value is -0.200. The molecule has 0 N–H and O–H groups in total. The van der Waals surface area contributed by atoms with E-state index in [1.807, 2.05) is 0 Å². The van der Waals surface area contributed by atoms with Gasteiger partial charge in [-0.2, -0.15) is 0 Å². The van der Waals surface area contributed by atoms with Crippen LogP contribution in [0.3, 0.4) is 0 Å². The molecule has 0 spiro atoms. The van der Waals surface area contributed by atoms with E-state index in [1.165, 1.54) is 109 Å². The van der Waals surface area contributed by atoms with Crippen molar-refractivity contribution in [3.8, 4) is 0 Å². The monoisotopic (exact) mass is 685 g/mol. The molecular formula is C43H88O5. The normalized spacial score (nSPS) is 17.8. The lowest BCUT2D eigenvalue weighted by Gasteiger charge is -2.39. The Morgan fingerprint density at radius 1 is 0.375 bits per heavy atom. The van der Waals surface area contributed by atoms with E-state index in [9.17, 15) is 0 Å². The van der Waals surface area contributed by atoms with Crippen molar-refractivity contribution in [2.45, 2.75) is 273 Å². The zero-order chi connectivity index (χ0) is 36.0. The molecular weight excluding hydrogens is 596 g/mol. The third-order valence-electron chi connectivity index (χ3n) is 10.4. The van der Waals surface area contributed by atoms with Crippen molar-refractivity contribution in [3.63, 3.8) is 0 Å². The Morgan fingerprint density at radius 2 is 0.688 bits per heavy atom. The number of ether oxygens (including phenoxy) is 5. The molecule has 0 aliphatic carbocycles. The van der Waals surface area contributed by atoms with E-state index in [0.717, 1.165) is 44.9 Å². The molecule has 0 aromatic carbocycles. The molecule has 48 heavy (non-hydrogen) atoms. The lowest BCUT2D eigenvalue weighted by Crippen LogP contribution is -2.46. The van der Waals surface area contributed by atoms with Crippen LogP contribution in [0.1, 0.15) is 230 Å². The van der Waals surface area contributed by atoms with Crippen molar-refractivity contribution in [2.24, 2.45) is 5.92 Å². The van der Waals surface area contributed by atoms with Gasteiger partial charge in [0.25, 0.3) is 5.97 Å². The molecule has 0 bridgehead atoms. The van der Waals surface area contributed by atoms with Gasteiger partial charge in [-0.05, 0) is 86.0 Å². The van der Waals surface area contributed by atoms with Gasteiger partial charge in [-0.25, -0.2) is 0 Å². The summed E-state index contributed by atoms with van der Waals surface area (Å²) in [5.41, 5.74) is 0. The third kappa shape index (κ3) is 24.9. The Kier molecular flexibility index (Phi) is 31.4. The zero-order valence-corrected chi connectivity index (χ0v) is 34.6. The Morgan fingerprint density at radius 3 is 1.02 bits per heavy atom. The van der Waals surface area contributed by atoms with E-state index >= 15 is 0 Å². The maximum Gasteiger partial charge on any atom is 0.283 e. The van der Waals surface area contributed by atoms with Crippen LogP contribution in [0, 0.1) is 5.92 Å². The summed E-state index contributed by atoms with van der Waals surface area (Å²) >= 11 is 0. The Bertz CT molecular complexity index is 628. The topological polar surface area (TPSA) is 46.2 Å². The average molecular weight is 685 g/mol. The second-order valence-corrected chi connectivity index (χ2v) is 15.2. The van der Waals surface area contributed by atoms with E-state index in [4.69, 9.17) is 23.7 Å². The van der Waals surface area contributed by atoms with E-state index in [0.29, 0.717) is 5.92 Å². The summed E-state index contributed by atoms with van der Waals surface area (Å²) in [5, 5.41) is 0. The van der Waals surface area contributed by atoms with Gasteiger partial charge in [-0.1, -0.05) is 138 Å². The number of rotatable bonds is 36. The van der Waals surface area contributed by atoms with Gasteiger partial charge in [0.15, 0.2) is 6.29 Å². The minimum Gasteiger partial charge on any atom is -0.349 e. The SMILES string of the molecule is CCCCCCCCCC(CCCCCCCCCCCC(OC(C)CC)(OC(C)CC)OC(C)CC)C(OC(C)CC)OC(C)CC. The fourth-order valence-electron chi connectivity index (χ4n) is 6.10. The van der Waals surface area contributed by atoms with Gasteiger partial charge in [0.05, 0.1) is 30.5 Å². The first-order chi connectivity index (χ1) is 23.1. The number of unbranched alkanes of at least 4 members (excludes halogenated alkanes) is 14. The number of hydrogen-bond acceptors (Lipinski definition) is 5. The second kappa shape index (κ2) is 31.5. The summed E-state index contributed by atoms with van der Waals surface area (Å²) in [7, 11) is 0. The largest absolute Gasteiger partial charge is 0.349 e. The maximum absolute atomic E-state index is 6.54. The van der Waals surface area contributed by atoms with Crippen molar-refractivity contribution >= 4 is 0 Å². The van der Waals surface area contributed by atoms with Gasteiger partial charge in [0, 0.05) is 12.3 Å². The predicted molar refractivity (Wildman–Crippen MR) is 208 cm³/mol. The average Bonchev–Trinajstić information content (AvgIpc) is 3.08. The molecule has 0 fully saturated rings. The predicted octanol–water partition coefficient (Wildman–Crippen LogP) is 14.1. The highest BCUT2D eigenvalue weighted by Gasteiger charge is 2.38. The minimum atomic E-state index is -0.926. The van der Waals surface area contributed by atoms with Crippen LogP contribution in [0.15, 0.2) is 0 Å². The van der Waals surface area contributed by atoms with Crippen molar-refractivity contribution in [1.82, 2.24) is 0 Å². The molecule has 0 aliphatic rings. The van der Waals surface area contributed by atoms with E-state index in [1.54, 1.807) is 0 Å². The molecule has 290 valence electrons. The molecule has 6 atom stereocenters. The zero-order valence-electron chi connectivity index (χ0n) is 34.6. The quantitative estimate of drug-likeness (QED) is 0.0485. The van der Waals surface area contributed by atoms with Crippen molar-refractivity contribution in [3.05, 3.63) is 0 Å². The van der Waals surface area contributed by atoms with Crippen LogP contribution in [0.2, 0.25) is 0 Å².